The Morgan fingerprint density at radius 3 is 2.61 bits per heavy atom. The van der Waals surface area contributed by atoms with Gasteiger partial charge in [0.25, 0.3) is 5.56 Å². The van der Waals surface area contributed by atoms with E-state index in [0.29, 0.717) is 48.5 Å². The Kier molecular flexibility index (Phi) is 6.42. The maximum atomic E-state index is 13.8. The number of sulfonamides is 1. The lowest BCUT2D eigenvalue weighted by Crippen LogP contribution is -2.32. The topological polar surface area (TPSA) is 136 Å². The largest absolute Gasteiger partial charge is 0.365 e. The van der Waals surface area contributed by atoms with Gasteiger partial charge in [0.1, 0.15) is 11.8 Å². The van der Waals surface area contributed by atoms with Crippen LogP contribution in [0.25, 0.3) is 22.6 Å². The first-order chi connectivity index (χ1) is 18.3. The number of nitrogens with zero attached hydrogens (tertiary/aromatic N) is 7. The van der Waals surface area contributed by atoms with Crippen molar-refractivity contribution < 1.29 is 8.42 Å². The Bertz CT molecular complexity index is 1550. The molecule has 1 N–H and O–H groups in total. The summed E-state index contributed by atoms with van der Waals surface area (Å²) in [5.74, 6) is 1.83. The van der Waals surface area contributed by atoms with Crippen LogP contribution in [0.15, 0.2) is 17.3 Å². The summed E-state index contributed by atoms with van der Waals surface area (Å²) >= 11 is 0. The minimum Gasteiger partial charge on any atom is -0.365 e. The Labute approximate surface area is 222 Å². The first-order valence-corrected chi connectivity index (χ1v) is 15.2. The highest BCUT2D eigenvalue weighted by Gasteiger charge is 2.34. The minimum atomic E-state index is -3.21. The van der Waals surface area contributed by atoms with Crippen molar-refractivity contribution in [2.24, 2.45) is 11.8 Å². The van der Waals surface area contributed by atoms with Crippen LogP contribution >= 0.6 is 0 Å². The van der Waals surface area contributed by atoms with Crippen molar-refractivity contribution in [3.05, 3.63) is 34.3 Å². The second kappa shape index (κ2) is 9.64. The van der Waals surface area contributed by atoms with Gasteiger partial charge in [0.2, 0.25) is 10.0 Å². The van der Waals surface area contributed by atoms with Crippen molar-refractivity contribution in [3.63, 3.8) is 0 Å². The monoisotopic (exact) mass is 538 g/mol. The van der Waals surface area contributed by atoms with Crippen LogP contribution in [0, 0.1) is 18.8 Å². The van der Waals surface area contributed by atoms with Crippen LogP contribution < -0.4 is 10.9 Å². The molecule has 2 aliphatic carbocycles. The summed E-state index contributed by atoms with van der Waals surface area (Å²) in [7, 11) is -3.21. The third-order valence-electron chi connectivity index (χ3n) is 8.16. The zero-order chi connectivity index (χ0) is 26.6. The van der Waals surface area contributed by atoms with Gasteiger partial charge in [-0.25, -0.2) is 37.6 Å². The molecule has 0 bridgehead atoms. The third-order valence-corrected chi connectivity index (χ3v) is 10.0. The molecule has 4 heterocycles. The molecule has 38 heavy (non-hydrogen) atoms. The molecule has 3 aliphatic rings. The highest BCUT2D eigenvalue weighted by Crippen LogP contribution is 2.43. The molecule has 3 aromatic rings. The van der Waals surface area contributed by atoms with Crippen LogP contribution in [0.3, 0.4) is 0 Å². The van der Waals surface area contributed by atoms with Gasteiger partial charge >= 0.3 is 0 Å². The summed E-state index contributed by atoms with van der Waals surface area (Å²) in [4.78, 5) is 36.9. The van der Waals surface area contributed by atoms with Crippen LogP contribution in [0.1, 0.15) is 69.3 Å². The molecule has 11 nitrogen and oxygen atoms in total. The van der Waals surface area contributed by atoms with Gasteiger partial charge < -0.3 is 5.32 Å². The number of aromatic nitrogens is 6. The Morgan fingerprint density at radius 2 is 1.89 bits per heavy atom. The average molecular weight is 539 g/mol. The quantitative estimate of drug-likeness (QED) is 0.436. The van der Waals surface area contributed by atoms with Crippen LogP contribution in [0.4, 0.5) is 5.82 Å². The molecular weight excluding hydrogens is 504 g/mol. The van der Waals surface area contributed by atoms with Crippen LogP contribution in [0.2, 0.25) is 0 Å². The standard InChI is InChI=1S/C26H34N8O3S/c1-4-38(36,37)33-10-9-17(13-33)11-27-24-26(35)34(16(3)18-5-6-18)25-20(31-24)12-28-23(32-25)21-15(2)29-14-30-22(21)19-7-8-19/h12,14,16-19H,4-11,13H2,1-3H3,(H,27,31). The van der Waals surface area contributed by atoms with E-state index in [4.69, 9.17) is 4.98 Å². The van der Waals surface area contributed by atoms with Crippen LogP contribution in [0.5, 0.6) is 0 Å². The van der Waals surface area contributed by atoms with Crippen molar-refractivity contribution in [2.75, 3.05) is 30.7 Å². The molecule has 2 atom stereocenters. The van der Waals surface area contributed by atoms with Crippen molar-refractivity contribution in [2.45, 2.75) is 64.8 Å². The molecule has 0 amide bonds. The number of nitrogens with one attached hydrogen (secondary N) is 1. The van der Waals surface area contributed by atoms with Crippen molar-refractivity contribution >= 4 is 27.0 Å². The van der Waals surface area contributed by atoms with Crippen LogP contribution in [-0.2, 0) is 10.0 Å². The van der Waals surface area contributed by atoms with Crippen molar-refractivity contribution in [1.29, 1.82) is 0 Å². The Morgan fingerprint density at radius 1 is 1.11 bits per heavy atom. The van der Waals surface area contributed by atoms with E-state index in [0.717, 1.165) is 49.1 Å². The van der Waals surface area contributed by atoms with E-state index in [-0.39, 0.29) is 29.1 Å². The fraction of sp³-hybridized carbons (Fsp3) is 0.615. The molecule has 3 aromatic heterocycles. The summed E-state index contributed by atoms with van der Waals surface area (Å²) in [6.45, 7) is 7.12. The number of aryl methyl sites for hydroxylation is 1. The zero-order valence-corrected chi connectivity index (χ0v) is 22.9. The van der Waals surface area contributed by atoms with E-state index in [2.05, 4.69) is 32.2 Å². The number of hydrogen-bond acceptors (Lipinski definition) is 9. The minimum absolute atomic E-state index is 0.0241. The fourth-order valence-corrected chi connectivity index (χ4v) is 6.67. The van der Waals surface area contributed by atoms with Gasteiger partial charge in [-0.15, -0.1) is 0 Å². The van der Waals surface area contributed by atoms with Crippen LogP contribution in [-0.4, -0.2) is 67.6 Å². The summed E-state index contributed by atoms with van der Waals surface area (Å²) in [6.07, 6.45) is 8.39. The fourth-order valence-electron chi connectivity index (χ4n) is 5.48. The highest BCUT2D eigenvalue weighted by atomic mass is 32.2. The molecule has 202 valence electrons. The lowest BCUT2D eigenvalue weighted by molar-refractivity contribution is 0.462. The van der Waals surface area contributed by atoms with E-state index >= 15 is 0 Å². The van der Waals surface area contributed by atoms with Gasteiger partial charge in [0.05, 0.1) is 28.9 Å². The van der Waals surface area contributed by atoms with Gasteiger partial charge in [-0.1, -0.05) is 0 Å². The summed E-state index contributed by atoms with van der Waals surface area (Å²) in [5.41, 5.74) is 3.52. The Hall–Kier alpha value is -2.99. The van der Waals surface area contributed by atoms with E-state index in [1.54, 1.807) is 28.3 Å². The van der Waals surface area contributed by atoms with E-state index in [1.807, 2.05) is 6.92 Å². The average Bonchev–Trinajstić information content (AvgIpc) is 3.84. The van der Waals surface area contributed by atoms with E-state index < -0.39 is 10.0 Å². The van der Waals surface area contributed by atoms with Gasteiger partial charge in [-0.2, -0.15) is 0 Å². The third kappa shape index (κ3) is 4.68. The molecule has 1 aliphatic heterocycles. The van der Waals surface area contributed by atoms with E-state index in [1.165, 1.54) is 0 Å². The van der Waals surface area contributed by atoms with Crippen molar-refractivity contribution in [3.8, 4) is 11.4 Å². The second-order valence-corrected chi connectivity index (χ2v) is 13.2. The lowest BCUT2D eigenvalue weighted by atomic mass is 10.1. The van der Waals surface area contributed by atoms with E-state index in [9.17, 15) is 13.2 Å². The predicted octanol–water partition coefficient (Wildman–Crippen LogP) is 2.88. The van der Waals surface area contributed by atoms with Crippen molar-refractivity contribution in [1.82, 2.24) is 33.8 Å². The molecule has 0 radical (unpaired) electrons. The number of rotatable bonds is 9. The van der Waals surface area contributed by atoms with Gasteiger partial charge in [0, 0.05) is 31.6 Å². The first kappa shape index (κ1) is 25.3. The molecule has 2 unspecified atom stereocenters. The zero-order valence-electron chi connectivity index (χ0n) is 22.1. The second-order valence-electron chi connectivity index (χ2n) is 10.9. The molecule has 6 rings (SSSR count). The highest BCUT2D eigenvalue weighted by molar-refractivity contribution is 7.89. The summed E-state index contributed by atoms with van der Waals surface area (Å²) < 4.78 is 27.8. The maximum absolute atomic E-state index is 13.8. The normalized spacial score (nSPS) is 21.2. The first-order valence-electron chi connectivity index (χ1n) is 13.6. The SMILES string of the molecule is CCS(=O)(=O)N1CCC(CNc2nc3cnc(-c4c(C)ncnc4C4CC4)nc3n(C(C)C3CC3)c2=O)C1. The van der Waals surface area contributed by atoms with Gasteiger partial charge in [0.15, 0.2) is 17.3 Å². The number of hydrogen-bond donors (Lipinski definition) is 1. The molecule has 12 heteroatoms. The molecule has 0 aromatic carbocycles. The maximum Gasteiger partial charge on any atom is 0.295 e. The molecule has 3 fully saturated rings. The smallest absolute Gasteiger partial charge is 0.295 e. The van der Waals surface area contributed by atoms with Gasteiger partial charge in [-0.05, 0) is 64.7 Å². The number of fused-ring (bicyclic) bond motifs is 1. The molecule has 2 saturated carbocycles. The van der Waals surface area contributed by atoms with Gasteiger partial charge in [-0.3, -0.25) is 9.36 Å². The molecular formula is C26H34N8O3S. The lowest BCUT2D eigenvalue weighted by Gasteiger charge is -2.20. The summed E-state index contributed by atoms with van der Waals surface area (Å²) in [5, 5.41) is 3.24. The molecule has 1 saturated heterocycles. The predicted molar refractivity (Wildman–Crippen MR) is 144 cm³/mol. The Balaban J connectivity index is 1.35. The number of anilines is 1. The molecule has 0 spiro atoms. The summed E-state index contributed by atoms with van der Waals surface area (Å²) in [6, 6.07) is -0.0241.